The maximum Gasteiger partial charge on any atom is 0.254 e. The lowest BCUT2D eigenvalue weighted by Crippen LogP contribution is -2.49. The van der Waals surface area contributed by atoms with E-state index in [4.69, 9.17) is 5.14 Å². The van der Waals surface area contributed by atoms with Gasteiger partial charge in [0.2, 0.25) is 15.9 Å². The number of benzene rings is 3. The van der Waals surface area contributed by atoms with Crippen molar-refractivity contribution in [2.45, 2.75) is 11.3 Å². The van der Waals surface area contributed by atoms with Gasteiger partial charge in [-0.1, -0.05) is 36.4 Å². The van der Waals surface area contributed by atoms with E-state index in [9.17, 15) is 18.0 Å². The number of hydrogen-bond acceptors (Lipinski definition) is 5. The second-order valence-electron chi connectivity index (χ2n) is 8.03. The van der Waals surface area contributed by atoms with Gasteiger partial charge in [-0.2, -0.15) is 0 Å². The topological polar surface area (TPSA) is 113 Å². The molecule has 1 fully saturated rings. The van der Waals surface area contributed by atoms with Gasteiger partial charge < -0.3 is 10.2 Å². The molecule has 0 spiro atoms. The fraction of sp³-hybridized carbons (Fsp3) is 0.250. The zero-order valence-electron chi connectivity index (χ0n) is 18.1. The number of primary sulfonamides is 1. The predicted octanol–water partition coefficient (Wildman–Crippen LogP) is 2.27. The van der Waals surface area contributed by atoms with Crippen molar-refractivity contribution in [2.24, 2.45) is 5.14 Å². The van der Waals surface area contributed by atoms with Crippen molar-refractivity contribution in [1.29, 1.82) is 0 Å². The summed E-state index contributed by atoms with van der Waals surface area (Å²) in [6.07, 6.45) is 0.300. The number of anilines is 1. The number of nitrogens with two attached hydrogens (primary N) is 1. The Balaban J connectivity index is 1.26. The molecule has 3 N–H and O–H groups in total. The first-order chi connectivity index (χ1) is 15.8. The number of carbonyl (C=O) groups is 2. The minimum absolute atomic E-state index is 0.00332. The van der Waals surface area contributed by atoms with E-state index in [1.54, 1.807) is 0 Å². The molecule has 0 aliphatic carbocycles. The first-order valence-corrected chi connectivity index (χ1v) is 12.3. The maximum atomic E-state index is 13.1. The van der Waals surface area contributed by atoms with Crippen LogP contribution in [0.4, 0.5) is 5.69 Å². The molecule has 1 saturated heterocycles. The molecule has 0 bridgehead atoms. The zero-order chi connectivity index (χ0) is 23.4. The van der Waals surface area contributed by atoms with Gasteiger partial charge in [-0.05, 0) is 41.1 Å². The molecule has 0 atom stereocenters. The molecule has 3 aromatic carbocycles. The Bertz CT molecular complexity index is 1260. The van der Waals surface area contributed by atoms with E-state index >= 15 is 0 Å². The van der Waals surface area contributed by atoms with Gasteiger partial charge in [0, 0.05) is 50.4 Å². The van der Waals surface area contributed by atoms with E-state index in [0.29, 0.717) is 44.8 Å². The summed E-state index contributed by atoms with van der Waals surface area (Å²) >= 11 is 0. The molecule has 0 aromatic heterocycles. The van der Waals surface area contributed by atoms with Crippen LogP contribution in [0.25, 0.3) is 10.8 Å². The number of fused-ring (bicyclic) bond motifs is 1. The van der Waals surface area contributed by atoms with Gasteiger partial charge in [0.25, 0.3) is 5.91 Å². The molecule has 172 valence electrons. The Morgan fingerprint density at radius 3 is 2.24 bits per heavy atom. The Morgan fingerprint density at radius 1 is 0.879 bits per heavy atom. The van der Waals surface area contributed by atoms with Crippen LogP contribution < -0.4 is 10.5 Å². The van der Waals surface area contributed by atoms with E-state index in [-0.39, 0.29) is 16.7 Å². The molecule has 0 saturated carbocycles. The van der Waals surface area contributed by atoms with Crippen molar-refractivity contribution in [2.75, 3.05) is 38.0 Å². The Kier molecular flexibility index (Phi) is 6.73. The number of nitrogens with one attached hydrogen (secondary N) is 1. The van der Waals surface area contributed by atoms with Gasteiger partial charge in [-0.15, -0.1) is 0 Å². The second-order valence-corrected chi connectivity index (χ2v) is 9.59. The summed E-state index contributed by atoms with van der Waals surface area (Å²) in [5.74, 6) is -0.125. The van der Waals surface area contributed by atoms with Crippen molar-refractivity contribution < 1.29 is 18.0 Å². The molecule has 8 nitrogen and oxygen atoms in total. The van der Waals surface area contributed by atoms with Gasteiger partial charge in [0.05, 0.1) is 4.90 Å². The van der Waals surface area contributed by atoms with Crippen molar-refractivity contribution in [3.8, 4) is 0 Å². The van der Waals surface area contributed by atoms with Crippen LogP contribution in [0.5, 0.6) is 0 Å². The number of hydrogen-bond donors (Lipinski definition) is 2. The van der Waals surface area contributed by atoms with Crippen molar-refractivity contribution in [3.63, 3.8) is 0 Å². The number of carbonyl (C=O) groups excluding carboxylic acids is 2. The molecule has 2 amide bonds. The summed E-state index contributed by atoms with van der Waals surface area (Å²) in [5, 5.41) is 9.85. The number of amides is 2. The normalized spacial score (nSPS) is 14.9. The largest absolute Gasteiger partial charge is 0.336 e. The third-order valence-corrected chi connectivity index (χ3v) is 6.73. The molecule has 4 rings (SSSR count). The fourth-order valence-corrected chi connectivity index (χ4v) is 4.48. The SMILES string of the molecule is NS(=O)(=O)c1ccc(NC(=O)CCN2CCN(C(=O)c3cccc4ccccc34)CC2)cc1. The Morgan fingerprint density at radius 2 is 1.55 bits per heavy atom. The molecule has 33 heavy (non-hydrogen) atoms. The average Bonchev–Trinajstić information content (AvgIpc) is 2.82. The number of nitrogens with zero attached hydrogens (tertiary/aromatic N) is 2. The van der Waals surface area contributed by atoms with Gasteiger partial charge in [-0.3, -0.25) is 14.5 Å². The summed E-state index contributed by atoms with van der Waals surface area (Å²) in [6, 6.07) is 19.4. The molecule has 1 aliphatic rings. The average molecular weight is 467 g/mol. The lowest BCUT2D eigenvalue weighted by Gasteiger charge is -2.34. The van der Waals surface area contributed by atoms with Crippen LogP contribution in [0.15, 0.2) is 71.6 Å². The van der Waals surface area contributed by atoms with Crippen LogP contribution in [-0.4, -0.2) is 62.8 Å². The standard InChI is InChI=1S/C24H26N4O4S/c25-33(31,32)20-10-8-19(9-11-20)26-23(29)12-13-27-14-16-28(17-15-27)24(30)22-7-3-5-18-4-1-2-6-21(18)22/h1-11H,12-17H2,(H,26,29)(H2,25,31,32). The van der Waals surface area contributed by atoms with E-state index in [1.165, 1.54) is 24.3 Å². The van der Waals surface area contributed by atoms with Gasteiger partial charge in [0.1, 0.15) is 0 Å². The summed E-state index contributed by atoms with van der Waals surface area (Å²) in [7, 11) is -3.76. The molecule has 0 unspecified atom stereocenters. The molecule has 0 radical (unpaired) electrons. The Labute approximate surface area is 193 Å². The van der Waals surface area contributed by atoms with Crippen molar-refractivity contribution in [3.05, 3.63) is 72.3 Å². The quantitative estimate of drug-likeness (QED) is 0.579. The van der Waals surface area contributed by atoms with Crippen LogP contribution >= 0.6 is 0 Å². The van der Waals surface area contributed by atoms with Gasteiger partial charge >= 0.3 is 0 Å². The van der Waals surface area contributed by atoms with Crippen LogP contribution in [0.2, 0.25) is 0 Å². The molecule has 9 heteroatoms. The smallest absolute Gasteiger partial charge is 0.254 e. The lowest BCUT2D eigenvalue weighted by molar-refractivity contribution is -0.116. The van der Waals surface area contributed by atoms with Crippen molar-refractivity contribution in [1.82, 2.24) is 9.80 Å². The predicted molar refractivity (Wildman–Crippen MR) is 127 cm³/mol. The van der Waals surface area contributed by atoms with Crippen molar-refractivity contribution >= 4 is 38.3 Å². The van der Waals surface area contributed by atoms with Crippen LogP contribution in [-0.2, 0) is 14.8 Å². The fourth-order valence-electron chi connectivity index (χ4n) is 3.97. The molecule has 1 aliphatic heterocycles. The summed E-state index contributed by atoms with van der Waals surface area (Å²) < 4.78 is 22.6. The van der Waals surface area contributed by atoms with E-state index < -0.39 is 10.0 Å². The monoisotopic (exact) mass is 466 g/mol. The van der Waals surface area contributed by atoms with E-state index in [0.717, 1.165) is 16.3 Å². The highest BCUT2D eigenvalue weighted by atomic mass is 32.2. The summed E-state index contributed by atoms with van der Waals surface area (Å²) in [5.41, 5.74) is 1.23. The summed E-state index contributed by atoms with van der Waals surface area (Å²) in [4.78, 5) is 29.4. The minimum Gasteiger partial charge on any atom is -0.336 e. The molecule has 1 heterocycles. The van der Waals surface area contributed by atoms with Gasteiger partial charge in [-0.25, -0.2) is 13.6 Å². The highest BCUT2D eigenvalue weighted by Crippen LogP contribution is 2.21. The third-order valence-electron chi connectivity index (χ3n) is 5.80. The van der Waals surface area contributed by atoms with E-state index in [1.807, 2.05) is 47.4 Å². The van der Waals surface area contributed by atoms with Crippen LogP contribution in [0.1, 0.15) is 16.8 Å². The first-order valence-electron chi connectivity index (χ1n) is 10.7. The minimum atomic E-state index is -3.76. The first kappa shape index (κ1) is 22.9. The highest BCUT2D eigenvalue weighted by Gasteiger charge is 2.23. The van der Waals surface area contributed by atoms with Gasteiger partial charge in [0.15, 0.2) is 0 Å². The lowest BCUT2D eigenvalue weighted by atomic mass is 10.0. The number of sulfonamides is 1. The summed E-state index contributed by atoms with van der Waals surface area (Å²) in [6.45, 7) is 3.20. The van der Waals surface area contributed by atoms with Crippen LogP contribution in [0.3, 0.4) is 0 Å². The highest BCUT2D eigenvalue weighted by molar-refractivity contribution is 7.89. The maximum absolute atomic E-state index is 13.1. The second kappa shape index (κ2) is 9.70. The van der Waals surface area contributed by atoms with Crippen LogP contribution in [0, 0.1) is 0 Å². The zero-order valence-corrected chi connectivity index (χ0v) is 18.9. The number of piperazine rings is 1. The molecular weight excluding hydrogens is 440 g/mol. The molecule has 3 aromatic rings. The van der Waals surface area contributed by atoms with E-state index in [2.05, 4.69) is 10.2 Å². The molecular formula is C24H26N4O4S. The third kappa shape index (κ3) is 5.57. The number of rotatable bonds is 6. The Hall–Kier alpha value is -3.27.